The molecule has 0 unspecified atom stereocenters. The van der Waals surface area contributed by atoms with E-state index < -0.39 is 10.0 Å². The van der Waals surface area contributed by atoms with Crippen LogP contribution in [0.5, 0.6) is 5.75 Å². The smallest absolute Gasteiger partial charge is 0.246 e. The number of benzene rings is 1. The van der Waals surface area contributed by atoms with Crippen molar-refractivity contribution in [3.63, 3.8) is 0 Å². The van der Waals surface area contributed by atoms with Crippen molar-refractivity contribution < 1.29 is 17.6 Å². The van der Waals surface area contributed by atoms with Crippen molar-refractivity contribution in [2.75, 3.05) is 13.7 Å². The summed E-state index contributed by atoms with van der Waals surface area (Å²) in [5, 5.41) is 4.42. The van der Waals surface area contributed by atoms with Crippen molar-refractivity contribution in [3.8, 4) is 5.75 Å². The minimum absolute atomic E-state index is 0.162. The molecule has 0 N–H and O–H groups in total. The summed E-state index contributed by atoms with van der Waals surface area (Å²) in [5.41, 5.74) is 2.12. The van der Waals surface area contributed by atoms with E-state index in [1.54, 1.807) is 30.7 Å². The number of furan rings is 1. The lowest BCUT2D eigenvalue weighted by Gasteiger charge is -2.16. The fourth-order valence-corrected chi connectivity index (χ4v) is 4.60. The van der Waals surface area contributed by atoms with Crippen LogP contribution < -0.4 is 4.74 Å². The summed E-state index contributed by atoms with van der Waals surface area (Å²) in [6.07, 6.45) is 1.53. The first-order chi connectivity index (χ1) is 13.3. The van der Waals surface area contributed by atoms with Gasteiger partial charge < -0.3 is 9.15 Å². The van der Waals surface area contributed by atoms with E-state index in [0.717, 1.165) is 11.3 Å². The van der Waals surface area contributed by atoms with Crippen molar-refractivity contribution in [2.24, 2.45) is 0 Å². The van der Waals surface area contributed by atoms with Gasteiger partial charge in [-0.15, -0.1) is 0 Å². The fraction of sp³-hybridized carbons (Fsp3) is 0.350. The van der Waals surface area contributed by atoms with E-state index >= 15 is 0 Å². The van der Waals surface area contributed by atoms with E-state index in [9.17, 15) is 8.42 Å². The SMILES string of the molecule is Cc1ccccc1OCCn1nc(C)c(S(=O)(=O)N(C)Cc2ccco2)c1C. The van der Waals surface area contributed by atoms with Gasteiger partial charge in [0.15, 0.2) is 0 Å². The van der Waals surface area contributed by atoms with Gasteiger partial charge in [0.1, 0.15) is 23.0 Å². The normalized spacial score (nSPS) is 11.9. The molecule has 8 heteroatoms. The predicted molar refractivity (Wildman–Crippen MR) is 106 cm³/mol. The summed E-state index contributed by atoms with van der Waals surface area (Å²) in [7, 11) is -2.15. The third-order valence-electron chi connectivity index (χ3n) is 4.60. The molecule has 0 bridgehead atoms. The van der Waals surface area contributed by atoms with Gasteiger partial charge in [0.05, 0.1) is 30.7 Å². The number of hydrogen-bond donors (Lipinski definition) is 0. The lowest BCUT2D eigenvalue weighted by Crippen LogP contribution is -2.27. The van der Waals surface area contributed by atoms with Gasteiger partial charge in [0, 0.05) is 7.05 Å². The minimum Gasteiger partial charge on any atom is -0.491 e. The zero-order valence-corrected chi connectivity index (χ0v) is 17.4. The van der Waals surface area contributed by atoms with Crippen LogP contribution in [0, 0.1) is 20.8 Å². The third kappa shape index (κ3) is 4.13. The quantitative estimate of drug-likeness (QED) is 0.577. The Kier molecular flexibility index (Phi) is 5.90. The number of para-hydroxylation sites is 1. The van der Waals surface area contributed by atoms with E-state index in [2.05, 4.69) is 5.10 Å². The van der Waals surface area contributed by atoms with Gasteiger partial charge >= 0.3 is 0 Å². The van der Waals surface area contributed by atoms with Crippen molar-refractivity contribution in [1.29, 1.82) is 0 Å². The van der Waals surface area contributed by atoms with Gasteiger partial charge in [-0.2, -0.15) is 9.40 Å². The zero-order valence-electron chi connectivity index (χ0n) is 16.5. The number of nitrogens with zero attached hydrogens (tertiary/aromatic N) is 3. The average molecular weight is 404 g/mol. The molecule has 0 amide bonds. The molecule has 0 atom stereocenters. The van der Waals surface area contributed by atoms with E-state index in [4.69, 9.17) is 9.15 Å². The summed E-state index contributed by atoms with van der Waals surface area (Å²) in [6.45, 7) is 6.47. The molecule has 3 aromatic rings. The molecule has 150 valence electrons. The molecule has 0 aliphatic heterocycles. The molecule has 0 radical (unpaired) electrons. The van der Waals surface area contributed by atoms with Crippen LogP contribution in [-0.4, -0.2) is 36.2 Å². The first-order valence-corrected chi connectivity index (χ1v) is 10.5. The standard InChI is InChI=1S/C20H25N3O4S/c1-15-8-5-6-10-19(15)27-13-11-23-17(3)20(16(2)21-23)28(24,25)22(4)14-18-9-7-12-26-18/h5-10,12H,11,13-14H2,1-4H3. The molecule has 0 fully saturated rings. The molecule has 0 aliphatic carbocycles. The van der Waals surface area contributed by atoms with Gasteiger partial charge in [-0.1, -0.05) is 18.2 Å². The molecule has 2 heterocycles. The fourth-order valence-electron chi connectivity index (χ4n) is 3.09. The Morgan fingerprint density at radius 3 is 2.57 bits per heavy atom. The van der Waals surface area contributed by atoms with Crippen molar-refractivity contribution in [3.05, 3.63) is 65.4 Å². The molecule has 0 aliphatic rings. The van der Waals surface area contributed by atoms with Crippen LogP contribution >= 0.6 is 0 Å². The maximum Gasteiger partial charge on any atom is 0.246 e. The maximum atomic E-state index is 13.1. The second kappa shape index (κ2) is 8.20. The van der Waals surface area contributed by atoms with Gasteiger partial charge in [0.25, 0.3) is 0 Å². The zero-order chi connectivity index (χ0) is 20.3. The first-order valence-electron chi connectivity index (χ1n) is 9.02. The van der Waals surface area contributed by atoms with Crippen molar-refractivity contribution >= 4 is 10.0 Å². The Morgan fingerprint density at radius 2 is 1.89 bits per heavy atom. The highest BCUT2D eigenvalue weighted by Crippen LogP contribution is 2.24. The number of sulfonamides is 1. The second-order valence-corrected chi connectivity index (χ2v) is 8.66. The summed E-state index contributed by atoms with van der Waals surface area (Å²) in [5.74, 6) is 1.40. The highest BCUT2D eigenvalue weighted by molar-refractivity contribution is 7.89. The molecule has 7 nitrogen and oxygen atoms in total. The highest BCUT2D eigenvalue weighted by Gasteiger charge is 2.29. The van der Waals surface area contributed by atoms with Gasteiger partial charge in [0.2, 0.25) is 10.0 Å². The van der Waals surface area contributed by atoms with Crippen LogP contribution in [0.1, 0.15) is 22.7 Å². The van der Waals surface area contributed by atoms with Gasteiger partial charge in [-0.3, -0.25) is 4.68 Å². The Balaban J connectivity index is 1.74. The molecule has 3 rings (SSSR count). The molecule has 1 aromatic carbocycles. The molecule has 2 aromatic heterocycles. The van der Waals surface area contributed by atoms with Crippen molar-refractivity contribution in [2.45, 2.75) is 38.8 Å². The Bertz CT molecular complexity index is 1040. The number of aryl methyl sites for hydroxylation is 2. The maximum absolute atomic E-state index is 13.1. The van der Waals surface area contributed by atoms with Crippen LogP contribution in [0.4, 0.5) is 0 Å². The average Bonchev–Trinajstić information content (AvgIpc) is 3.24. The Labute approximate surface area is 165 Å². The monoisotopic (exact) mass is 403 g/mol. The van der Waals surface area contributed by atoms with E-state index in [0.29, 0.717) is 30.3 Å². The highest BCUT2D eigenvalue weighted by atomic mass is 32.2. The van der Waals surface area contributed by atoms with Crippen LogP contribution in [-0.2, 0) is 23.1 Å². The molecule has 28 heavy (non-hydrogen) atoms. The number of ether oxygens (including phenoxy) is 1. The van der Waals surface area contributed by atoms with Crippen LogP contribution in [0.15, 0.2) is 52.0 Å². The third-order valence-corrected chi connectivity index (χ3v) is 6.65. The van der Waals surface area contributed by atoms with Crippen LogP contribution in [0.2, 0.25) is 0 Å². The lowest BCUT2D eigenvalue weighted by molar-refractivity contribution is 0.287. The van der Waals surface area contributed by atoms with Crippen molar-refractivity contribution in [1.82, 2.24) is 14.1 Å². The van der Waals surface area contributed by atoms with E-state index in [1.807, 2.05) is 31.2 Å². The minimum atomic E-state index is -3.69. The van der Waals surface area contributed by atoms with Crippen LogP contribution in [0.3, 0.4) is 0 Å². The molecule has 0 saturated carbocycles. The van der Waals surface area contributed by atoms with Crippen LogP contribution in [0.25, 0.3) is 0 Å². The summed E-state index contributed by atoms with van der Waals surface area (Å²) >= 11 is 0. The van der Waals surface area contributed by atoms with Gasteiger partial charge in [-0.25, -0.2) is 8.42 Å². The number of rotatable bonds is 8. The Hall–Kier alpha value is -2.58. The largest absolute Gasteiger partial charge is 0.491 e. The summed E-state index contributed by atoms with van der Waals surface area (Å²) in [6, 6.07) is 11.3. The van der Waals surface area contributed by atoms with E-state index in [-0.39, 0.29) is 11.4 Å². The summed E-state index contributed by atoms with van der Waals surface area (Å²) in [4.78, 5) is 0.234. The first kappa shape index (κ1) is 20.2. The summed E-state index contributed by atoms with van der Waals surface area (Å²) < 4.78 is 40.1. The molecule has 0 saturated heterocycles. The molecular formula is C20H25N3O4S. The predicted octanol–water partition coefficient (Wildman–Crippen LogP) is 3.30. The topological polar surface area (TPSA) is 77.6 Å². The molecule has 0 spiro atoms. The number of aromatic nitrogens is 2. The number of hydrogen-bond acceptors (Lipinski definition) is 5. The van der Waals surface area contributed by atoms with E-state index in [1.165, 1.54) is 17.6 Å². The van der Waals surface area contributed by atoms with Gasteiger partial charge in [-0.05, 0) is 44.5 Å². The lowest BCUT2D eigenvalue weighted by atomic mass is 10.2. The second-order valence-electron chi connectivity index (χ2n) is 6.68. The Morgan fingerprint density at radius 1 is 1.14 bits per heavy atom. The molecular weight excluding hydrogens is 378 g/mol.